The van der Waals surface area contributed by atoms with Crippen molar-refractivity contribution < 1.29 is 0 Å². The third-order valence-electron chi connectivity index (χ3n) is 4.72. The first-order valence-corrected chi connectivity index (χ1v) is 8.30. The zero-order valence-corrected chi connectivity index (χ0v) is 12.0. The first-order chi connectivity index (χ1) is 8.89. The topological polar surface area (TPSA) is 15.3 Å². The molecule has 1 saturated carbocycles. The summed E-state index contributed by atoms with van der Waals surface area (Å²) in [5.74, 6) is 0. The number of nitrogens with one attached hydrogen (secondary N) is 1. The normalized spacial score (nSPS) is 24.4. The minimum Gasteiger partial charge on any atom is -0.314 e. The molecule has 1 aliphatic heterocycles. The molecule has 3 heteroatoms. The molecule has 0 unspecified atom stereocenters. The lowest BCUT2D eigenvalue weighted by Gasteiger charge is -2.50. The Morgan fingerprint density at radius 2 is 2.17 bits per heavy atom. The van der Waals surface area contributed by atoms with Crippen LogP contribution in [0, 0.1) is 0 Å². The molecule has 0 radical (unpaired) electrons. The van der Waals surface area contributed by atoms with Gasteiger partial charge in [-0.15, -0.1) is 0 Å². The third-order valence-corrected chi connectivity index (χ3v) is 5.45. The summed E-state index contributed by atoms with van der Waals surface area (Å²) in [7, 11) is 0. The zero-order chi connectivity index (χ0) is 12.3. The molecule has 2 aliphatic rings. The van der Waals surface area contributed by atoms with Crippen LogP contribution in [0.4, 0.5) is 0 Å². The van der Waals surface area contributed by atoms with Crippen LogP contribution >= 0.6 is 11.3 Å². The second kappa shape index (κ2) is 5.72. The van der Waals surface area contributed by atoms with Crippen molar-refractivity contribution in [3.05, 3.63) is 22.4 Å². The molecule has 1 aromatic rings. The lowest BCUT2D eigenvalue weighted by Crippen LogP contribution is -2.62. The standard InChI is InChI=1S/C15H24N2S/c1-2-6-15(7-3-1)13-16-8-10-17(15)9-4-14-5-11-18-12-14/h5,11-12,16H,1-4,6-10,13H2. The third kappa shape index (κ3) is 2.63. The maximum Gasteiger partial charge on any atom is 0.0334 e. The molecule has 2 heterocycles. The van der Waals surface area contributed by atoms with Crippen molar-refractivity contribution in [2.24, 2.45) is 0 Å². The Bertz CT molecular complexity index is 346. The summed E-state index contributed by atoms with van der Waals surface area (Å²) in [6, 6.07) is 2.28. The largest absolute Gasteiger partial charge is 0.314 e. The summed E-state index contributed by atoms with van der Waals surface area (Å²) in [4.78, 5) is 2.79. The van der Waals surface area contributed by atoms with E-state index in [1.807, 2.05) is 11.3 Å². The summed E-state index contributed by atoms with van der Waals surface area (Å²) in [6.45, 7) is 4.88. The first-order valence-electron chi connectivity index (χ1n) is 7.36. The number of hydrogen-bond acceptors (Lipinski definition) is 3. The Balaban J connectivity index is 1.64. The van der Waals surface area contributed by atoms with Gasteiger partial charge in [-0.3, -0.25) is 4.90 Å². The van der Waals surface area contributed by atoms with E-state index in [0.29, 0.717) is 5.54 Å². The smallest absolute Gasteiger partial charge is 0.0334 e. The average Bonchev–Trinajstić information content (AvgIpc) is 2.92. The minimum atomic E-state index is 0.493. The molecule has 2 nitrogen and oxygen atoms in total. The van der Waals surface area contributed by atoms with Gasteiger partial charge < -0.3 is 5.32 Å². The maximum absolute atomic E-state index is 3.63. The summed E-state index contributed by atoms with van der Waals surface area (Å²) in [5.41, 5.74) is 2.01. The number of hydrogen-bond donors (Lipinski definition) is 1. The van der Waals surface area contributed by atoms with Crippen LogP contribution in [-0.2, 0) is 6.42 Å². The molecule has 1 aromatic heterocycles. The molecule has 18 heavy (non-hydrogen) atoms. The van der Waals surface area contributed by atoms with Crippen LogP contribution in [0.2, 0.25) is 0 Å². The van der Waals surface area contributed by atoms with Gasteiger partial charge in [0.25, 0.3) is 0 Å². The second-order valence-electron chi connectivity index (χ2n) is 5.83. The van der Waals surface area contributed by atoms with Crippen molar-refractivity contribution in [2.45, 2.75) is 44.1 Å². The van der Waals surface area contributed by atoms with Gasteiger partial charge in [-0.25, -0.2) is 0 Å². The van der Waals surface area contributed by atoms with Crippen molar-refractivity contribution in [3.8, 4) is 0 Å². The Morgan fingerprint density at radius 3 is 2.94 bits per heavy atom. The van der Waals surface area contributed by atoms with E-state index in [9.17, 15) is 0 Å². The van der Waals surface area contributed by atoms with Crippen LogP contribution in [0.1, 0.15) is 37.7 Å². The van der Waals surface area contributed by atoms with Crippen LogP contribution in [0.15, 0.2) is 16.8 Å². The van der Waals surface area contributed by atoms with Crippen LogP contribution in [0.5, 0.6) is 0 Å². The SMILES string of the molecule is c1cc(CCN2CCNCC23CCCCC3)cs1. The van der Waals surface area contributed by atoms with Crippen molar-refractivity contribution >= 4 is 11.3 Å². The van der Waals surface area contributed by atoms with E-state index in [2.05, 4.69) is 27.0 Å². The molecule has 100 valence electrons. The zero-order valence-electron chi connectivity index (χ0n) is 11.2. The van der Waals surface area contributed by atoms with E-state index in [1.165, 1.54) is 70.3 Å². The maximum atomic E-state index is 3.63. The summed E-state index contributed by atoms with van der Waals surface area (Å²) >= 11 is 1.82. The van der Waals surface area contributed by atoms with E-state index in [0.717, 1.165) is 0 Å². The lowest BCUT2D eigenvalue weighted by atomic mass is 9.79. The van der Waals surface area contributed by atoms with E-state index in [4.69, 9.17) is 0 Å². The van der Waals surface area contributed by atoms with Gasteiger partial charge in [0, 0.05) is 31.7 Å². The van der Waals surface area contributed by atoms with E-state index in [-0.39, 0.29) is 0 Å². The van der Waals surface area contributed by atoms with Crippen molar-refractivity contribution in [2.75, 3.05) is 26.2 Å². The van der Waals surface area contributed by atoms with Crippen LogP contribution < -0.4 is 5.32 Å². The molecule has 2 fully saturated rings. The number of piperazine rings is 1. The predicted molar refractivity (Wildman–Crippen MR) is 78.3 cm³/mol. The summed E-state index contributed by atoms with van der Waals surface area (Å²) in [5, 5.41) is 8.13. The quantitative estimate of drug-likeness (QED) is 0.903. The van der Waals surface area contributed by atoms with Gasteiger partial charge in [0.2, 0.25) is 0 Å². The van der Waals surface area contributed by atoms with Gasteiger partial charge >= 0.3 is 0 Å². The van der Waals surface area contributed by atoms with Gasteiger partial charge in [0.15, 0.2) is 0 Å². The highest BCUT2D eigenvalue weighted by atomic mass is 32.1. The van der Waals surface area contributed by atoms with Gasteiger partial charge in [0.05, 0.1) is 0 Å². The number of rotatable bonds is 3. The van der Waals surface area contributed by atoms with Gasteiger partial charge in [-0.05, 0) is 41.7 Å². The van der Waals surface area contributed by atoms with Gasteiger partial charge in [-0.1, -0.05) is 19.3 Å². The molecule has 1 spiro atoms. The Hall–Kier alpha value is -0.380. The molecule has 1 N–H and O–H groups in total. The molecular weight excluding hydrogens is 240 g/mol. The summed E-state index contributed by atoms with van der Waals surface area (Å²) in [6.07, 6.45) is 8.34. The number of thiophene rings is 1. The molecule has 3 rings (SSSR count). The first kappa shape index (κ1) is 12.6. The fourth-order valence-electron chi connectivity index (χ4n) is 3.63. The highest BCUT2D eigenvalue weighted by Crippen LogP contribution is 2.34. The van der Waals surface area contributed by atoms with Gasteiger partial charge in [-0.2, -0.15) is 11.3 Å². The van der Waals surface area contributed by atoms with Crippen LogP contribution in [0.3, 0.4) is 0 Å². The second-order valence-corrected chi connectivity index (χ2v) is 6.61. The van der Waals surface area contributed by atoms with E-state index in [1.54, 1.807) is 0 Å². The number of nitrogens with zero attached hydrogens (tertiary/aromatic N) is 1. The Labute approximate surface area is 114 Å². The highest BCUT2D eigenvalue weighted by Gasteiger charge is 2.39. The van der Waals surface area contributed by atoms with Crippen molar-refractivity contribution in [3.63, 3.8) is 0 Å². The predicted octanol–water partition coefficient (Wildman–Crippen LogP) is 2.90. The van der Waals surface area contributed by atoms with Crippen molar-refractivity contribution in [1.82, 2.24) is 10.2 Å². The van der Waals surface area contributed by atoms with Gasteiger partial charge in [0.1, 0.15) is 0 Å². The molecule has 0 bridgehead atoms. The molecule has 1 saturated heterocycles. The molecule has 1 aliphatic carbocycles. The molecular formula is C15H24N2S. The molecule has 0 atom stereocenters. The highest BCUT2D eigenvalue weighted by molar-refractivity contribution is 7.07. The van der Waals surface area contributed by atoms with Crippen LogP contribution in [0.25, 0.3) is 0 Å². The van der Waals surface area contributed by atoms with Crippen LogP contribution in [-0.4, -0.2) is 36.6 Å². The Morgan fingerprint density at radius 1 is 1.28 bits per heavy atom. The Kier molecular flexibility index (Phi) is 4.02. The molecule has 0 aromatic carbocycles. The summed E-state index contributed by atoms with van der Waals surface area (Å²) < 4.78 is 0. The lowest BCUT2D eigenvalue weighted by molar-refractivity contribution is 0.0287. The monoisotopic (exact) mass is 264 g/mol. The van der Waals surface area contributed by atoms with E-state index >= 15 is 0 Å². The fraction of sp³-hybridized carbons (Fsp3) is 0.733. The molecule has 0 amide bonds. The van der Waals surface area contributed by atoms with E-state index < -0.39 is 0 Å². The average molecular weight is 264 g/mol. The van der Waals surface area contributed by atoms with Crippen molar-refractivity contribution in [1.29, 1.82) is 0 Å². The fourth-order valence-corrected chi connectivity index (χ4v) is 4.34. The minimum absolute atomic E-state index is 0.493.